The summed E-state index contributed by atoms with van der Waals surface area (Å²) in [5, 5.41) is 5.79. The van der Waals surface area contributed by atoms with Gasteiger partial charge in [-0.15, -0.1) is 0 Å². The molecule has 1 atom stereocenters. The molecule has 308 valence electrons. The van der Waals surface area contributed by atoms with Crippen molar-refractivity contribution in [3.63, 3.8) is 0 Å². The second-order valence-corrected chi connectivity index (χ2v) is 20.7. The van der Waals surface area contributed by atoms with Crippen LogP contribution < -0.4 is 15.6 Å². The van der Waals surface area contributed by atoms with Crippen molar-refractivity contribution in [2.24, 2.45) is 5.92 Å². The largest absolute Gasteiger partial charge is 0.180 e. The minimum absolute atomic E-state index is 0.152. The van der Waals surface area contributed by atoms with Crippen LogP contribution in [0.4, 0.5) is 0 Å². The molecular weight excluding hydrogens is 785 g/mol. The maximum atomic E-state index is 2.50. The average molecular weight is 837 g/mol. The third kappa shape index (κ3) is 6.94. The van der Waals surface area contributed by atoms with E-state index < -0.39 is 8.07 Å². The third-order valence-electron chi connectivity index (χ3n) is 13.9. The molecule has 0 spiro atoms. The SMILES string of the molecule is CC1=C(C)C(C)C([Si](c2c(-c3ccccc3)cccc2-c2ccccc2)(c2c(-c3ccccc3)cccc2-c2ccccc2)c2c(-c3ccccc3)cccc2-c2ccccc2)=C1C. The summed E-state index contributed by atoms with van der Waals surface area (Å²) < 4.78 is 0. The summed E-state index contributed by atoms with van der Waals surface area (Å²) in [6.07, 6.45) is 0. The first-order valence-corrected chi connectivity index (χ1v) is 24.6. The van der Waals surface area contributed by atoms with Crippen LogP contribution in [0.3, 0.4) is 0 Å². The van der Waals surface area contributed by atoms with Gasteiger partial charge in [0.1, 0.15) is 0 Å². The predicted molar refractivity (Wildman–Crippen MR) is 277 cm³/mol. The van der Waals surface area contributed by atoms with E-state index in [2.05, 4.69) is 264 Å². The van der Waals surface area contributed by atoms with E-state index in [0.717, 1.165) is 0 Å². The summed E-state index contributed by atoms with van der Waals surface area (Å²) in [6.45, 7) is 9.70. The number of rotatable bonds is 10. The molecule has 0 bridgehead atoms. The lowest BCUT2D eigenvalue weighted by Crippen LogP contribution is -2.72. The molecule has 10 rings (SSSR count). The molecule has 9 aromatic carbocycles. The maximum Gasteiger partial charge on any atom is 0.180 e. The maximum absolute atomic E-state index is 3.73. The highest BCUT2D eigenvalue weighted by Gasteiger charge is 2.54. The van der Waals surface area contributed by atoms with E-state index in [4.69, 9.17) is 0 Å². The Morgan fingerprint density at radius 1 is 0.266 bits per heavy atom. The van der Waals surface area contributed by atoms with Gasteiger partial charge in [0.05, 0.1) is 0 Å². The summed E-state index contributed by atoms with van der Waals surface area (Å²) in [4.78, 5) is 0. The first kappa shape index (κ1) is 40.7. The van der Waals surface area contributed by atoms with Crippen LogP contribution in [0.25, 0.3) is 66.8 Å². The lowest BCUT2D eigenvalue weighted by molar-refractivity contribution is 0.852. The van der Waals surface area contributed by atoms with Crippen LogP contribution in [0.2, 0.25) is 0 Å². The van der Waals surface area contributed by atoms with Gasteiger partial charge in [-0.1, -0.05) is 260 Å². The average Bonchev–Trinajstić information content (AvgIpc) is 3.57. The Morgan fingerprint density at radius 3 is 0.672 bits per heavy atom. The lowest BCUT2D eigenvalue weighted by Gasteiger charge is -2.45. The van der Waals surface area contributed by atoms with Crippen molar-refractivity contribution in [2.45, 2.75) is 27.7 Å². The zero-order chi connectivity index (χ0) is 43.6. The fraction of sp³-hybridized carbons (Fsp3) is 0.0794. The molecule has 1 heteroatoms. The molecule has 0 fully saturated rings. The van der Waals surface area contributed by atoms with E-state index in [-0.39, 0.29) is 5.92 Å². The van der Waals surface area contributed by atoms with E-state index in [0.29, 0.717) is 0 Å². The van der Waals surface area contributed by atoms with Gasteiger partial charge in [0.2, 0.25) is 0 Å². The minimum atomic E-state index is -3.73. The summed E-state index contributed by atoms with van der Waals surface area (Å²) in [7, 11) is -3.73. The predicted octanol–water partition coefficient (Wildman–Crippen LogP) is 15.0. The van der Waals surface area contributed by atoms with Gasteiger partial charge in [0.15, 0.2) is 8.07 Å². The summed E-state index contributed by atoms with van der Waals surface area (Å²) >= 11 is 0. The van der Waals surface area contributed by atoms with Gasteiger partial charge in [0, 0.05) is 0 Å². The van der Waals surface area contributed by atoms with E-state index in [1.807, 2.05) is 0 Å². The number of benzene rings is 9. The van der Waals surface area contributed by atoms with Crippen molar-refractivity contribution in [1.29, 1.82) is 0 Å². The number of allylic oxidation sites excluding steroid dienone is 4. The Balaban J connectivity index is 1.59. The fourth-order valence-corrected chi connectivity index (χ4v) is 17.7. The Hall–Kier alpha value is -7.32. The van der Waals surface area contributed by atoms with Gasteiger partial charge in [-0.3, -0.25) is 0 Å². The van der Waals surface area contributed by atoms with Crippen LogP contribution in [-0.4, -0.2) is 8.07 Å². The Morgan fingerprint density at radius 2 is 0.484 bits per heavy atom. The van der Waals surface area contributed by atoms with Gasteiger partial charge < -0.3 is 0 Å². The van der Waals surface area contributed by atoms with Crippen molar-refractivity contribution >= 4 is 23.6 Å². The van der Waals surface area contributed by atoms with Crippen molar-refractivity contribution in [2.75, 3.05) is 0 Å². The van der Waals surface area contributed by atoms with Crippen LogP contribution in [0.5, 0.6) is 0 Å². The van der Waals surface area contributed by atoms with Gasteiger partial charge in [0.25, 0.3) is 0 Å². The normalized spacial score (nSPS) is 14.0. The monoisotopic (exact) mass is 836 g/mol. The van der Waals surface area contributed by atoms with Crippen LogP contribution in [0.15, 0.2) is 259 Å². The molecule has 0 saturated carbocycles. The smallest absolute Gasteiger partial charge is 0.0636 e. The first-order valence-electron chi connectivity index (χ1n) is 22.6. The Kier molecular flexibility index (Phi) is 11.1. The molecular formula is C63H52Si. The molecule has 0 N–H and O–H groups in total. The molecule has 1 aliphatic carbocycles. The molecule has 0 amide bonds. The van der Waals surface area contributed by atoms with Crippen molar-refractivity contribution in [1.82, 2.24) is 0 Å². The molecule has 64 heavy (non-hydrogen) atoms. The molecule has 0 saturated heterocycles. The van der Waals surface area contributed by atoms with Gasteiger partial charge in [-0.2, -0.15) is 0 Å². The Bertz CT molecular complexity index is 2670. The van der Waals surface area contributed by atoms with E-state index >= 15 is 0 Å². The van der Waals surface area contributed by atoms with E-state index in [1.165, 1.54) is 99.0 Å². The number of hydrogen-bond acceptors (Lipinski definition) is 0. The second-order valence-electron chi connectivity index (χ2n) is 17.2. The molecule has 1 unspecified atom stereocenters. The van der Waals surface area contributed by atoms with E-state index in [1.54, 1.807) is 5.20 Å². The molecule has 0 nitrogen and oxygen atoms in total. The van der Waals surface area contributed by atoms with E-state index in [9.17, 15) is 0 Å². The highest BCUT2D eigenvalue weighted by Crippen LogP contribution is 2.47. The molecule has 9 aromatic rings. The zero-order valence-corrected chi connectivity index (χ0v) is 38.1. The first-order chi connectivity index (χ1) is 31.5. The standard InChI is InChI=1S/C63H52Si/c1-44-45(2)47(4)60(46(44)3)64(61-54(48-26-11-5-12-27-48)38-23-39-55(61)49-28-13-6-14-29-49,62-56(50-30-15-7-16-31-50)40-24-41-57(62)51-32-17-8-18-33-51)63-58(52-34-19-9-20-35-52)42-25-43-59(63)53-36-21-10-22-37-53/h5-43,46H,1-4H3. The van der Waals surface area contributed by atoms with Crippen LogP contribution in [-0.2, 0) is 0 Å². The Labute approximate surface area is 380 Å². The topological polar surface area (TPSA) is 0 Å². The van der Waals surface area contributed by atoms with Crippen molar-refractivity contribution in [3.8, 4) is 66.8 Å². The van der Waals surface area contributed by atoms with Crippen LogP contribution >= 0.6 is 0 Å². The highest BCUT2D eigenvalue weighted by atomic mass is 28.3. The molecule has 0 heterocycles. The van der Waals surface area contributed by atoms with Crippen LogP contribution in [0, 0.1) is 5.92 Å². The minimum Gasteiger partial charge on any atom is -0.0636 e. The molecule has 0 radical (unpaired) electrons. The number of hydrogen-bond donors (Lipinski definition) is 0. The zero-order valence-electron chi connectivity index (χ0n) is 37.1. The second kappa shape index (κ2) is 17.4. The van der Waals surface area contributed by atoms with Gasteiger partial charge in [-0.25, -0.2) is 0 Å². The van der Waals surface area contributed by atoms with Crippen molar-refractivity contribution < 1.29 is 0 Å². The fourth-order valence-electron chi connectivity index (χ4n) is 10.8. The van der Waals surface area contributed by atoms with Crippen molar-refractivity contribution in [3.05, 3.63) is 259 Å². The lowest BCUT2D eigenvalue weighted by atomic mass is 9.97. The van der Waals surface area contributed by atoms with Gasteiger partial charge >= 0.3 is 0 Å². The quantitative estimate of drug-likeness (QED) is 0.0951. The summed E-state index contributed by atoms with van der Waals surface area (Å²) in [5.74, 6) is 0.152. The molecule has 0 aromatic heterocycles. The third-order valence-corrected chi connectivity index (χ3v) is 19.4. The summed E-state index contributed by atoms with van der Waals surface area (Å²) in [6, 6.07) is 88.6. The molecule has 0 aliphatic heterocycles. The summed E-state index contributed by atoms with van der Waals surface area (Å²) in [5.41, 5.74) is 19.2. The van der Waals surface area contributed by atoms with Gasteiger partial charge in [-0.05, 0) is 115 Å². The van der Waals surface area contributed by atoms with Crippen LogP contribution in [0.1, 0.15) is 27.7 Å². The highest BCUT2D eigenvalue weighted by molar-refractivity contribution is 7.19. The molecule has 1 aliphatic rings.